The molecule has 1 N–H and O–H groups in total. The Hall–Kier alpha value is -1.86. The number of hydrogen-bond acceptors (Lipinski definition) is 5. The summed E-state index contributed by atoms with van der Waals surface area (Å²) in [4.78, 5) is 16.9. The van der Waals surface area contributed by atoms with E-state index in [9.17, 15) is 4.79 Å². The molecular formula is C16H17BrN2O4. The summed E-state index contributed by atoms with van der Waals surface area (Å²) in [6.45, 7) is 2.25. The highest BCUT2D eigenvalue weighted by Gasteiger charge is 2.22. The third-order valence-corrected chi connectivity index (χ3v) is 4.26. The largest absolute Gasteiger partial charge is 0.490 e. The van der Waals surface area contributed by atoms with Crippen molar-refractivity contribution in [2.24, 2.45) is 0 Å². The zero-order valence-corrected chi connectivity index (χ0v) is 14.0. The molecule has 1 fully saturated rings. The summed E-state index contributed by atoms with van der Waals surface area (Å²) in [5.41, 5.74) is -0.0483. The first kappa shape index (κ1) is 16.0. The van der Waals surface area contributed by atoms with Crippen molar-refractivity contribution in [3.05, 3.63) is 46.6 Å². The van der Waals surface area contributed by atoms with Crippen molar-refractivity contribution in [1.82, 2.24) is 9.88 Å². The predicted molar refractivity (Wildman–Crippen MR) is 86.5 cm³/mol. The van der Waals surface area contributed by atoms with Crippen LogP contribution in [0, 0.1) is 0 Å². The average Bonchev–Trinajstić information content (AvgIpc) is 2.98. The summed E-state index contributed by atoms with van der Waals surface area (Å²) in [7, 11) is 0. The molecular weight excluding hydrogens is 364 g/mol. The van der Waals surface area contributed by atoms with Gasteiger partial charge in [-0.25, -0.2) is 9.78 Å². The number of piperidine rings is 1. The molecule has 2 heterocycles. The first-order valence-electron chi connectivity index (χ1n) is 7.42. The Bertz CT molecular complexity index is 680. The van der Waals surface area contributed by atoms with E-state index in [4.69, 9.17) is 14.3 Å². The fraction of sp³-hybridized carbons (Fsp3) is 0.375. The van der Waals surface area contributed by atoms with Crippen LogP contribution in [0.15, 0.2) is 39.4 Å². The van der Waals surface area contributed by atoms with Crippen LogP contribution in [0.5, 0.6) is 5.75 Å². The molecule has 1 aliphatic rings. The van der Waals surface area contributed by atoms with Gasteiger partial charge in [0.1, 0.15) is 18.1 Å². The Morgan fingerprint density at radius 2 is 2.22 bits per heavy atom. The van der Waals surface area contributed by atoms with E-state index in [0.717, 1.165) is 36.2 Å². The number of halogens is 1. The lowest BCUT2D eigenvalue weighted by atomic mass is 10.1. The van der Waals surface area contributed by atoms with Crippen molar-refractivity contribution in [3.63, 3.8) is 0 Å². The number of rotatable bonds is 5. The molecule has 0 amide bonds. The van der Waals surface area contributed by atoms with Gasteiger partial charge in [0, 0.05) is 17.6 Å². The minimum atomic E-state index is -1.07. The van der Waals surface area contributed by atoms with Crippen molar-refractivity contribution in [2.45, 2.75) is 25.5 Å². The average molecular weight is 381 g/mol. The van der Waals surface area contributed by atoms with Crippen molar-refractivity contribution in [2.75, 3.05) is 13.1 Å². The molecule has 1 aromatic heterocycles. The summed E-state index contributed by atoms with van der Waals surface area (Å²) >= 11 is 3.44. The number of aromatic carboxylic acids is 1. The second-order valence-electron chi connectivity index (χ2n) is 5.48. The molecule has 2 aromatic rings. The summed E-state index contributed by atoms with van der Waals surface area (Å²) in [5.74, 6) is 0.242. The second-order valence-corrected chi connectivity index (χ2v) is 6.40. The van der Waals surface area contributed by atoms with Crippen molar-refractivity contribution in [1.29, 1.82) is 0 Å². The fourth-order valence-corrected chi connectivity index (χ4v) is 2.97. The smallest absolute Gasteiger partial charge is 0.357 e. The molecule has 1 saturated heterocycles. The number of likely N-dealkylation sites (tertiary alicyclic amines) is 1. The topological polar surface area (TPSA) is 75.8 Å². The second kappa shape index (κ2) is 7.14. The molecule has 3 rings (SSSR count). The van der Waals surface area contributed by atoms with Gasteiger partial charge in [0.25, 0.3) is 0 Å². The Labute approximate surface area is 142 Å². The van der Waals surface area contributed by atoms with Gasteiger partial charge >= 0.3 is 5.97 Å². The first-order chi connectivity index (χ1) is 11.1. The van der Waals surface area contributed by atoms with E-state index in [1.807, 2.05) is 24.3 Å². The van der Waals surface area contributed by atoms with Gasteiger partial charge in [-0.1, -0.05) is 22.0 Å². The Morgan fingerprint density at radius 3 is 2.87 bits per heavy atom. The molecule has 0 bridgehead atoms. The third kappa shape index (κ3) is 4.33. The zero-order chi connectivity index (χ0) is 16.2. The molecule has 0 radical (unpaired) electrons. The minimum Gasteiger partial charge on any atom is -0.490 e. The molecule has 23 heavy (non-hydrogen) atoms. The highest BCUT2D eigenvalue weighted by atomic mass is 79.9. The number of aromatic nitrogens is 1. The maximum atomic E-state index is 10.8. The van der Waals surface area contributed by atoms with Crippen molar-refractivity contribution < 1.29 is 19.1 Å². The van der Waals surface area contributed by atoms with Crippen LogP contribution in [0.4, 0.5) is 0 Å². The van der Waals surface area contributed by atoms with Crippen molar-refractivity contribution >= 4 is 21.9 Å². The summed E-state index contributed by atoms with van der Waals surface area (Å²) in [6.07, 6.45) is 3.21. The highest BCUT2D eigenvalue weighted by Crippen LogP contribution is 2.23. The molecule has 0 spiro atoms. The van der Waals surface area contributed by atoms with Crippen LogP contribution in [0.2, 0.25) is 0 Å². The monoisotopic (exact) mass is 380 g/mol. The fourth-order valence-electron chi connectivity index (χ4n) is 2.59. The van der Waals surface area contributed by atoms with Crippen LogP contribution in [-0.4, -0.2) is 40.2 Å². The van der Waals surface area contributed by atoms with E-state index in [0.29, 0.717) is 12.4 Å². The number of carboxylic acids is 1. The number of oxazole rings is 1. The van der Waals surface area contributed by atoms with E-state index < -0.39 is 5.97 Å². The molecule has 0 saturated carbocycles. The van der Waals surface area contributed by atoms with Gasteiger partial charge in [0.2, 0.25) is 5.89 Å². The van der Waals surface area contributed by atoms with Gasteiger partial charge in [-0.15, -0.1) is 0 Å². The van der Waals surface area contributed by atoms with Gasteiger partial charge in [0.05, 0.1) is 6.54 Å². The molecule has 1 aliphatic heterocycles. The van der Waals surface area contributed by atoms with Gasteiger partial charge in [-0.3, -0.25) is 4.90 Å². The zero-order valence-electron chi connectivity index (χ0n) is 12.4. The third-order valence-electron chi connectivity index (χ3n) is 3.76. The van der Waals surface area contributed by atoms with E-state index in [2.05, 4.69) is 25.8 Å². The van der Waals surface area contributed by atoms with E-state index in [-0.39, 0.29) is 11.8 Å². The number of ether oxygens (including phenoxy) is 1. The first-order valence-corrected chi connectivity index (χ1v) is 8.22. The lowest BCUT2D eigenvalue weighted by Gasteiger charge is -2.31. The number of nitrogens with zero attached hydrogens (tertiary/aromatic N) is 2. The van der Waals surface area contributed by atoms with Crippen LogP contribution >= 0.6 is 15.9 Å². The SMILES string of the molecule is O=C(O)c1coc(CN2CCC(Oc3cccc(Br)c3)CC2)n1. The number of benzene rings is 1. The summed E-state index contributed by atoms with van der Waals surface area (Å²) in [6, 6.07) is 7.85. The molecule has 0 unspecified atom stereocenters. The van der Waals surface area contributed by atoms with Crippen LogP contribution in [0.3, 0.4) is 0 Å². The van der Waals surface area contributed by atoms with Gasteiger partial charge in [-0.05, 0) is 31.0 Å². The van der Waals surface area contributed by atoms with E-state index in [1.54, 1.807) is 0 Å². The molecule has 1 aromatic carbocycles. The van der Waals surface area contributed by atoms with E-state index in [1.165, 1.54) is 6.26 Å². The predicted octanol–water partition coefficient (Wildman–Crippen LogP) is 3.18. The number of carbonyl (C=O) groups is 1. The van der Waals surface area contributed by atoms with Crippen LogP contribution < -0.4 is 4.74 Å². The maximum Gasteiger partial charge on any atom is 0.357 e. The van der Waals surface area contributed by atoms with E-state index >= 15 is 0 Å². The van der Waals surface area contributed by atoms with Gasteiger partial charge in [-0.2, -0.15) is 0 Å². The Morgan fingerprint density at radius 1 is 1.43 bits per heavy atom. The van der Waals surface area contributed by atoms with Gasteiger partial charge in [0.15, 0.2) is 5.69 Å². The standard InChI is InChI=1S/C16H17BrN2O4/c17-11-2-1-3-13(8-11)23-12-4-6-19(7-5-12)9-15-18-14(10-22-15)16(20)21/h1-3,8,10,12H,4-7,9H2,(H,20,21). The molecule has 6 nitrogen and oxygen atoms in total. The minimum absolute atomic E-state index is 0.0483. The lowest BCUT2D eigenvalue weighted by molar-refractivity contribution is 0.0690. The molecule has 7 heteroatoms. The highest BCUT2D eigenvalue weighted by molar-refractivity contribution is 9.10. The quantitative estimate of drug-likeness (QED) is 0.858. The van der Waals surface area contributed by atoms with Gasteiger partial charge < -0.3 is 14.3 Å². The number of hydrogen-bond donors (Lipinski definition) is 1. The van der Waals surface area contributed by atoms with Crippen LogP contribution in [-0.2, 0) is 6.54 Å². The summed E-state index contributed by atoms with van der Waals surface area (Å²) in [5, 5.41) is 8.84. The van der Waals surface area contributed by atoms with Crippen LogP contribution in [0.25, 0.3) is 0 Å². The Balaban J connectivity index is 1.49. The summed E-state index contributed by atoms with van der Waals surface area (Å²) < 4.78 is 12.2. The van der Waals surface area contributed by atoms with Crippen molar-refractivity contribution in [3.8, 4) is 5.75 Å². The Kier molecular flexibility index (Phi) is 4.97. The lowest BCUT2D eigenvalue weighted by Crippen LogP contribution is -2.37. The molecule has 0 aliphatic carbocycles. The molecule has 122 valence electrons. The van der Waals surface area contributed by atoms with Crippen LogP contribution in [0.1, 0.15) is 29.2 Å². The molecule has 0 atom stereocenters. The maximum absolute atomic E-state index is 10.8. The normalized spacial score (nSPS) is 16.4. The number of carboxylic acid groups (broad SMARTS) is 1.